The van der Waals surface area contributed by atoms with Crippen molar-refractivity contribution in [1.29, 1.82) is 0 Å². The van der Waals surface area contributed by atoms with Gasteiger partial charge < -0.3 is 0 Å². The Morgan fingerprint density at radius 3 is 1.79 bits per heavy atom. The van der Waals surface area contributed by atoms with Crippen molar-refractivity contribution in [1.82, 2.24) is 0 Å². The van der Waals surface area contributed by atoms with Crippen LogP contribution >= 0.6 is 0 Å². The third-order valence-electron chi connectivity index (χ3n) is 3.05. The monoisotopic (exact) mass is 196 g/mol. The Kier molecular flexibility index (Phi) is 11.1. The van der Waals surface area contributed by atoms with Gasteiger partial charge in [0.05, 0.1) is 0 Å². The Balaban J connectivity index is 3.28. The van der Waals surface area contributed by atoms with Gasteiger partial charge in [-0.1, -0.05) is 85.0 Å². The summed E-state index contributed by atoms with van der Waals surface area (Å²) in [6.45, 7) is 10.1. The average Bonchev–Trinajstić information content (AvgIpc) is 2.22. The summed E-state index contributed by atoms with van der Waals surface area (Å²) in [5.74, 6) is 0.978. The van der Waals surface area contributed by atoms with Crippen molar-refractivity contribution in [2.75, 3.05) is 0 Å². The maximum Gasteiger partial charge on any atom is -0.0417 e. The van der Waals surface area contributed by atoms with Crippen molar-refractivity contribution >= 4 is 0 Å². The molecule has 1 atom stereocenters. The normalized spacial score (nSPS) is 13.1. The highest BCUT2D eigenvalue weighted by molar-refractivity contribution is 4.59. The maximum atomic E-state index is 3.89. The molecular weight excluding hydrogens is 168 g/mol. The molecule has 0 amide bonds. The lowest BCUT2D eigenvalue weighted by Gasteiger charge is -2.13. The van der Waals surface area contributed by atoms with Gasteiger partial charge in [0.15, 0.2) is 0 Å². The van der Waals surface area contributed by atoms with Crippen molar-refractivity contribution < 1.29 is 0 Å². The van der Waals surface area contributed by atoms with Crippen LogP contribution in [0.5, 0.6) is 0 Å². The van der Waals surface area contributed by atoms with Crippen LogP contribution in [0.2, 0.25) is 0 Å². The van der Waals surface area contributed by atoms with E-state index >= 15 is 0 Å². The molecule has 0 heterocycles. The number of hydrogen-bond donors (Lipinski definition) is 0. The second kappa shape index (κ2) is 11.1. The molecule has 0 aromatic carbocycles. The van der Waals surface area contributed by atoms with Crippen molar-refractivity contribution in [2.24, 2.45) is 5.92 Å². The minimum Gasteiger partial charge on any atom is -0.0651 e. The van der Waals surface area contributed by atoms with Crippen LogP contribution in [0.1, 0.15) is 71.1 Å². The topological polar surface area (TPSA) is 0 Å². The smallest absolute Gasteiger partial charge is 0.0417 e. The first kappa shape index (κ1) is 14.0. The van der Waals surface area contributed by atoms with E-state index in [0.29, 0.717) is 0 Å². The summed E-state index contributed by atoms with van der Waals surface area (Å²) >= 11 is 0. The molecule has 84 valence electrons. The molecule has 0 aliphatic rings. The number of unbranched alkanes of at least 4 members (excludes halogenated alkanes) is 5. The lowest BCUT2D eigenvalue weighted by Crippen LogP contribution is -1.98. The van der Waals surface area contributed by atoms with E-state index in [9.17, 15) is 0 Å². The van der Waals surface area contributed by atoms with Gasteiger partial charge in [0, 0.05) is 0 Å². The third-order valence-corrected chi connectivity index (χ3v) is 3.05. The van der Waals surface area contributed by atoms with Gasteiger partial charge in [-0.05, 0) is 5.92 Å². The highest BCUT2D eigenvalue weighted by Gasteiger charge is 2.04. The van der Waals surface area contributed by atoms with E-state index in [-0.39, 0.29) is 0 Å². The first-order valence-corrected chi connectivity index (χ1v) is 6.43. The Labute approximate surface area is 91.5 Å². The molecule has 0 rings (SSSR count). The molecule has 0 fully saturated rings. The predicted octanol–water partition coefficient (Wildman–Crippen LogP) is 5.19. The largest absolute Gasteiger partial charge is 0.0651 e. The molecule has 0 aromatic rings. The van der Waals surface area contributed by atoms with E-state index in [0.717, 1.165) is 18.8 Å². The fourth-order valence-electron chi connectivity index (χ4n) is 1.95. The van der Waals surface area contributed by atoms with Gasteiger partial charge in [0.25, 0.3) is 0 Å². The summed E-state index contributed by atoms with van der Waals surface area (Å²) < 4.78 is 0. The predicted molar refractivity (Wildman–Crippen MR) is 66.0 cm³/mol. The molecule has 0 N–H and O–H groups in total. The van der Waals surface area contributed by atoms with Crippen LogP contribution in [0, 0.1) is 19.8 Å². The van der Waals surface area contributed by atoms with Crippen LogP contribution in [0.4, 0.5) is 0 Å². The van der Waals surface area contributed by atoms with E-state index in [1.807, 2.05) is 0 Å². The van der Waals surface area contributed by atoms with Gasteiger partial charge in [0.1, 0.15) is 0 Å². The summed E-state index contributed by atoms with van der Waals surface area (Å²) in [6, 6.07) is 0. The quantitative estimate of drug-likeness (QED) is 0.422. The summed E-state index contributed by atoms with van der Waals surface area (Å²) in [7, 11) is 0. The van der Waals surface area contributed by atoms with Crippen LogP contribution in [0.25, 0.3) is 0 Å². The lowest BCUT2D eigenvalue weighted by atomic mass is 9.93. The molecule has 0 nitrogen and oxygen atoms in total. The molecule has 0 saturated carbocycles. The van der Waals surface area contributed by atoms with E-state index < -0.39 is 0 Å². The van der Waals surface area contributed by atoms with Crippen molar-refractivity contribution in [3.63, 3.8) is 0 Å². The van der Waals surface area contributed by atoms with Gasteiger partial charge in [-0.2, -0.15) is 0 Å². The zero-order valence-electron chi connectivity index (χ0n) is 10.1. The van der Waals surface area contributed by atoms with Gasteiger partial charge in [-0.3, -0.25) is 0 Å². The zero-order valence-corrected chi connectivity index (χ0v) is 10.1. The van der Waals surface area contributed by atoms with Crippen LogP contribution in [0.15, 0.2) is 0 Å². The van der Waals surface area contributed by atoms with Gasteiger partial charge >= 0.3 is 0 Å². The Hall–Kier alpha value is 0. The third kappa shape index (κ3) is 8.59. The molecule has 0 heteroatoms. The van der Waals surface area contributed by atoms with Crippen molar-refractivity contribution in [3.8, 4) is 0 Å². The Bertz CT molecular complexity index is 96.2. The van der Waals surface area contributed by atoms with Crippen molar-refractivity contribution in [3.05, 3.63) is 13.8 Å². The minimum absolute atomic E-state index is 0.978. The first-order chi connectivity index (χ1) is 6.85. The second-order valence-corrected chi connectivity index (χ2v) is 4.33. The van der Waals surface area contributed by atoms with Crippen LogP contribution < -0.4 is 0 Å². The van der Waals surface area contributed by atoms with Gasteiger partial charge in [0.2, 0.25) is 0 Å². The summed E-state index contributed by atoms with van der Waals surface area (Å²) in [6.07, 6.45) is 13.3. The maximum absolute atomic E-state index is 3.89. The second-order valence-electron chi connectivity index (χ2n) is 4.33. The van der Waals surface area contributed by atoms with E-state index in [4.69, 9.17) is 0 Å². The summed E-state index contributed by atoms with van der Waals surface area (Å²) in [4.78, 5) is 0. The molecule has 0 aliphatic heterocycles. The number of rotatable bonds is 10. The molecule has 0 saturated heterocycles. The van der Waals surface area contributed by atoms with Crippen LogP contribution in [-0.2, 0) is 0 Å². The van der Waals surface area contributed by atoms with Crippen LogP contribution in [-0.4, -0.2) is 0 Å². The Morgan fingerprint density at radius 2 is 1.29 bits per heavy atom. The molecule has 0 aromatic heterocycles. The fraction of sp³-hybridized carbons (Fsp3) is 0.857. The summed E-state index contributed by atoms with van der Waals surface area (Å²) in [5, 5.41) is 0. The minimum atomic E-state index is 0.978. The van der Waals surface area contributed by atoms with E-state index in [1.54, 1.807) is 0 Å². The fourth-order valence-corrected chi connectivity index (χ4v) is 1.95. The van der Waals surface area contributed by atoms with Crippen molar-refractivity contribution in [2.45, 2.75) is 71.1 Å². The van der Waals surface area contributed by atoms with E-state index in [1.165, 1.54) is 51.4 Å². The molecular formula is C14H28. The molecule has 0 aliphatic carbocycles. The highest BCUT2D eigenvalue weighted by atomic mass is 14.1. The zero-order chi connectivity index (χ0) is 10.6. The average molecular weight is 196 g/mol. The molecule has 1 unspecified atom stereocenters. The number of hydrogen-bond acceptors (Lipinski definition) is 0. The molecule has 0 spiro atoms. The highest BCUT2D eigenvalue weighted by Crippen LogP contribution is 2.20. The van der Waals surface area contributed by atoms with Crippen LogP contribution in [0.3, 0.4) is 0 Å². The van der Waals surface area contributed by atoms with Gasteiger partial charge in [-0.15, -0.1) is 0 Å². The van der Waals surface area contributed by atoms with E-state index in [2.05, 4.69) is 20.8 Å². The first-order valence-electron chi connectivity index (χ1n) is 6.43. The Morgan fingerprint density at radius 1 is 0.786 bits per heavy atom. The van der Waals surface area contributed by atoms with Gasteiger partial charge in [-0.25, -0.2) is 0 Å². The SMILES string of the molecule is [CH2]CCCCCC(CC)CCCC[CH2]. The summed E-state index contributed by atoms with van der Waals surface area (Å²) in [5.41, 5.74) is 0. The lowest BCUT2D eigenvalue weighted by molar-refractivity contribution is 0.399. The molecule has 0 bridgehead atoms. The molecule has 14 heavy (non-hydrogen) atoms. The standard InChI is InChI=1S/C14H28/c1-4-7-9-11-13-14(6-3)12-10-8-5-2/h14H,1-2,4-13H2,3H3. The molecule has 2 radical (unpaired) electrons.